The van der Waals surface area contributed by atoms with E-state index in [1.807, 2.05) is 48.1 Å². The van der Waals surface area contributed by atoms with Crippen LogP contribution in [0.15, 0.2) is 42.7 Å². The third kappa shape index (κ3) is 6.05. The molecular formula is C21H29N5O3. The summed E-state index contributed by atoms with van der Waals surface area (Å²) < 4.78 is 7.54. The van der Waals surface area contributed by atoms with Crippen LogP contribution < -0.4 is 15.4 Å². The highest BCUT2D eigenvalue weighted by molar-refractivity contribution is 5.88. The summed E-state index contributed by atoms with van der Waals surface area (Å²) in [5, 5.41) is 9.93. The standard InChI is InChI=1S/C21H29N5O3/c1-2-29-19-8-4-3-7-17(19)16-25-14-11-23-21(28)18(25)15-20(27)22-9-5-12-26-13-6-10-24-26/h3-4,6-8,10,13,18H,2,5,9,11-12,14-16H2,1H3,(H,22,27)(H,23,28). The Balaban J connectivity index is 1.54. The van der Waals surface area contributed by atoms with Crippen molar-refractivity contribution in [1.82, 2.24) is 25.3 Å². The molecule has 156 valence electrons. The largest absolute Gasteiger partial charge is 0.494 e. The van der Waals surface area contributed by atoms with Gasteiger partial charge in [0.15, 0.2) is 0 Å². The van der Waals surface area contributed by atoms with Gasteiger partial charge < -0.3 is 15.4 Å². The summed E-state index contributed by atoms with van der Waals surface area (Å²) in [7, 11) is 0. The van der Waals surface area contributed by atoms with E-state index in [1.165, 1.54) is 0 Å². The summed E-state index contributed by atoms with van der Waals surface area (Å²) in [4.78, 5) is 26.9. The molecule has 0 spiro atoms. The van der Waals surface area contributed by atoms with Crippen molar-refractivity contribution in [3.8, 4) is 5.75 Å². The molecule has 2 heterocycles. The average Bonchev–Trinajstić information content (AvgIpc) is 3.23. The highest BCUT2D eigenvalue weighted by Gasteiger charge is 2.31. The molecule has 8 heteroatoms. The minimum absolute atomic E-state index is 0.100. The average molecular weight is 399 g/mol. The minimum atomic E-state index is -0.482. The summed E-state index contributed by atoms with van der Waals surface area (Å²) in [5.74, 6) is 0.607. The summed E-state index contributed by atoms with van der Waals surface area (Å²) in [5.41, 5.74) is 1.02. The van der Waals surface area contributed by atoms with Crippen molar-refractivity contribution in [3.63, 3.8) is 0 Å². The van der Waals surface area contributed by atoms with Crippen LogP contribution in [0.4, 0.5) is 0 Å². The van der Waals surface area contributed by atoms with Gasteiger partial charge in [-0.25, -0.2) is 0 Å². The molecule has 0 bridgehead atoms. The van der Waals surface area contributed by atoms with Gasteiger partial charge in [0.1, 0.15) is 5.75 Å². The van der Waals surface area contributed by atoms with Crippen LogP contribution in [0.3, 0.4) is 0 Å². The number of amides is 2. The molecular weight excluding hydrogens is 370 g/mol. The molecule has 8 nitrogen and oxygen atoms in total. The van der Waals surface area contributed by atoms with E-state index in [-0.39, 0.29) is 18.2 Å². The molecule has 1 unspecified atom stereocenters. The van der Waals surface area contributed by atoms with Crippen LogP contribution in [0.2, 0.25) is 0 Å². The lowest BCUT2D eigenvalue weighted by Gasteiger charge is -2.35. The number of carbonyl (C=O) groups is 2. The van der Waals surface area contributed by atoms with Gasteiger partial charge in [0.2, 0.25) is 11.8 Å². The van der Waals surface area contributed by atoms with E-state index in [0.29, 0.717) is 32.8 Å². The van der Waals surface area contributed by atoms with Crippen LogP contribution in [0.1, 0.15) is 25.3 Å². The van der Waals surface area contributed by atoms with Crippen molar-refractivity contribution < 1.29 is 14.3 Å². The van der Waals surface area contributed by atoms with Crippen molar-refractivity contribution in [2.75, 3.05) is 26.2 Å². The van der Waals surface area contributed by atoms with E-state index in [4.69, 9.17) is 4.74 Å². The molecule has 1 saturated heterocycles. The van der Waals surface area contributed by atoms with Crippen LogP contribution in [-0.4, -0.2) is 58.8 Å². The lowest BCUT2D eigenvalue weighted by Crippen LogP contribution is -2.56. The van der Waals surface area contributed by atoms with Crippen LogP contribution >= 0.6 is 0 Å². The zero-order valence-corrected chi connectivity index (χ0v) is 16.8. The number of hydrogen-bond acceptors (Lipinski definition) is 5. The molecule has 2 amide bonds. The molecule has 3 rings (SSSR count). The summed E-state index contributed by atoms with van der Waals surface area (Å²) >= 11 is 0. The number of para-hydroxylation sites is 1. The molecule has 2 N–H and O–H groups in total. The van der Waals surface area contributed by atoms with E-state index in [0.717, 1.165) is 24.3 Å². The first-order chi connectivity index (χ1) is 14.2. The second-order valence-corrected chi connectivity index (χ2v) is 6.99. The molecule has 1 aliphatic rings. The molecule has 1 aliphatic heterocycles. The van der Waals surface area contributed by atoms with Crippen molar-refractivity contribution in [3.05, 3.63) is 48.3 Å². The first kappa shape index (κ1) is 20.9. The zero-order valence-electron chi connectivity index (χ0n) is 16.8. The monoisotopic (exact) mass is 399 g/mol. The SMILES string of the molecule is CCOc1ccccc1CN1CCNC(=O)C1CC(=O)NCCCn1cccn1. The van der Waals surface area contributed by atoms with E-state index in [2.05, 4.69) is 20.6 Å². The molecule has 0 radical (unpaired) electrons. The second-order valence-electron chi connectivity index (χ2n) is 6.99. The Labute approximate surface area is 171 Å². The fourth-order valence-electron chi connectivity index (χ4n) is 3.47. The van der Waals surface area contributed by atoms with Crippen molar-refractivity contribution in [2.24, 2.45) is 0 Å². The van der Waals surface area contributed by atoms with Gasteiger partial charge in [-0.15, -0.1) is 0 Å². The van der Waals surface area contributed by atoms with Gasteiger partial charge in [0.25, 0.3) is 0 Å². The Kier molecular flexibility index (Phi) is 7.63. The lowest BCUT2D eigenvalue weighted by molar-refractivity contribution is -0.134. The number of benzene rings is 1. The van der Waals surface area contributed by atoms with Crippen molar-refractivity contribution in [1.29, 1.82) is 0 Å². The van der Waals surface area contributed by atoms with Crippen LogP contribution in [0, 0.1) is 0 Å². The summed E-state index contributed by atoms with van der Waals surface area (Å²) in [6.07, 6.45) is 4.56. The first-order valence-corrected chi connectivity index (χ1v) is 10.1. The van der Waals surface area contributed by atoms with Gasteiger partial charge in [-0.3, -0.25) is 19.2 Å². The highest BCUT2D eigenvalue weighted by atomic mass is 16.5. The zero-order chi connectivity index (χ0) is 20.5. The Morgan fingerprint density at radius 2 is 2.21 bits per heavy atom. The number of aromatic nitrogens is 2. The predicted molar refractivity (Wildman–Crippen MR) is 109 cm³/mol. The number of nitrogens with zero attached hydrogens (tertiary/aromatic N) is 3. The summed E-state index contributed by atoms with van der Waals surface area (Å²) in [6.45, 7) is 5.69. The number of hydrogen-bond donors (Lipinski definition) is 2. The van der Waals surface area contributed by atoms with Gasteiger partial charge in [-0.2, -0.15) is 5.10 Å². The smallest absolute Gasteiger partial charge is 0.237 e. The molecule has 2 aromatic rings. The number of rotatable bonds is 10. The third-order valence-corrected chi connectivity index (χ3v) is 4.91. The Hall–Kier alpha value is -2.87. The minimum Gasteiger partial charge on any atom is -0.494 e. The maximum absolute atomic E-state index is 12.5. The second kappa shape index (κ2) is 10.6. The molecule has 1 aromatic carbocycles. The van der Waals surface area contributed by atoms with E-state index in [9.17, 15) is 9.59 Å². The first-order valence-electron chi connectivity index (χ1n) is 10.1. The fraction of sp³-hybridized carbons (Fsp3) is 0.476. The molecule has 1 atom stereocenters. The van der Waals surface area contributed by atoms with Crippen molar-refractivity contribution >= 4 is 11.8 Å². The van der Waals surface area contributed by atoms with Crippen molar-refractivity contribution in [2.45, 2.75) is 38.9 Å². The quantitative estimate of drug-likeness (QED) is 0.586. The van der Waals surface area contributed by atoms with E-state index >= 15 is 0 Å². The van der Waals surface area contributed by atoms with E-state index < -0.39 is 6.04 Å². The Morgan fingerprint density at radius 3 is 3.00 bits per heavy atom. The molecule has 0 aliphatic carbocycles. The number of aryl methyl sites for hydroxylation is 1. The van der Waals surface area contributed by atoms with Gasteiger partial charge in [-0.1, -0.05) is 18.2 Å². The maximum atomic E-state index is 12.5. The van der Waals surface area contributed by atoms with Crippen LogP contribution in [0.5, 0.6) is 5.75 Å². The van der Waals surface area contributed by atoms with Gasteiger partial charge in [-0.05, 0) is 25.5 Å². The maximum Gasteiger partial charge on any atom is 0.237 e. The normalized spacial score (nSPS) is 17.0. The van der Waals surface area contributed by atoms with Gasteiger partial charge in [0, 0.05) is 50.7 Å². The topological polar surface area (TPSA) is 88.5 Å². The third-order valence-electron chi connectivity index (χ3n) is 4.91. The highest BCUT2D eigenvalue weighted by Crippen LogP contribution is 2.22. The van der Waals surface area contributed by atoms with Gasteiger partial charge >= 0.3 is 0 Å². The molecule has 0 saturated carbocycles. The Morgan fingerprint density at radius 1 is 1.34 bits per heavy atom. The number of ether oxygens (including phenoxy) is 1. The van der Waals surface area contributed by atoms with E-state index in [1.54, 1.807) is 6.20 Å². The summed E-state index contributed by atoms with van der Waals surface area (Å²) in [6, 6.07) is 9.23. The number of nitrogens with one attached hydrogen (secondary N) is 2. The number of piperazine rings is 1. The molecule has 1 aromatic heterocycles. The van der Waals surface area contributed by atoms with Gasteiger partial charge in [0.05, 0.1) is 19.1 Å². The Bertz CT molecular complexity index is 793. The number of carbonyl (C=O) groups excluding carboxylic acids is 2. The fourth-order valence-corrected chi connectivity index (χ4v) is 3.47. The molecule has 29 heavy (non-hydrogen) atoms. The predicted octanol–water partition coefficient (Wildman–Crippen LogP) is 1.18. The lowest BCUT2D eigenvalue weighted by atomic mass is 10.1. The van der Waals surface area contributed by atoms with Crippen LogP contribution in [-0.2, 0) is 22.7 Å². The van der Waals surface area contributed by atoms with Crippen LogP contribution in [0.25, 0.3) is 0 Å². The molecule has 1 fully saturated rings.